The Labute approximate surface area is 166 Å². The second kappa shape index (κ2) is 9.13. The Kier molecular flexibility index (Phi) is 7.33. The number of carboxylic acid groups (broad SMARTS) is 1. The first-order valence-corrected chi connectivity index (χ1v) is 9.47. The standard InChI is InChI=1S/C17H23ClN2O.C2HF3O2/c1-12-11-19-9-6-15(12)20-16(21)17(7-8-17)10-13-2-4-14(18)5-3-13;3-2(4,5)1(6)7/h2-5,12,15,19H,6-11H2,1H3,(H,20,21);(H,6,7)/t12-,15-;/m0./s1. The molecule has 1 saturated carbocycles. The lowest BCUT2D eigenvalue weighted by Gasteiger charge is -2.31. The van der Waals surface area contributed by atoms with Crippen molar-refractivity contribution in [3.8, 4) is 0 Å². The number of hydrogen-bond donors (Lipinski definition) is 3. The van der Waals surface area contributed by atoms with Gasteiger partial charge >= 0.3 is 12.1 Å². The van der Waals surface area contributed by atoms with Crippen LogP contribution in [0.2, 0.25) is 5.02 Å². The minimum Gasteiger partial charge on any atom is -0.475 e. The average molecular weight is 421 g/mol. The van der Waals surface area contributed by atoms with Gasteiger partial charge in [-0.05, 0) is 62.4 Å². The van der Waals surface area contributed by atoms with E-state index in [0.29, 0.717) is 12.0 Å². The van der Waals surface area contributed by atoms with Gasteiger partial charge in [-0.1, -0.05) is 30.7 Å². The quantitative estimate of drug-likeness (QED) is 0.697. The molecule has 0 unspecified atom stereocenters. The summed E-state index contributed by atoms with van der Waals surface area (Å²) in [4.78, 5) is 21.6. The molecule has 2 aliphatic rings. The molecule has 1 aromatic rings. The highest BCUT2D eigenvalue weighted by Crippen LogP contribution is 2.49. The first-order valence-electron chi connectivity index (χ1n) is 9.10. The van der Waals surface area contributed by atoms with E-state index >= 15 is 0 Å². The van der Waals surface area contributed by atoms with Crippen LogP contribution in [0.15, 0.2) is 24.3 Å². The van der Waals surface area contributed by atoms with Crippen molar-refractivity contribution in [2.24, 2.45) is 11.3 Å². The second-order valence-electron chi connectivity index (χ2n) is 7.44. The van der Waals surface area contributed by atoms with Gasteiger partial charge in [0.1, 0.15) is 0 Å². The third kappa shape index (κ3) is 6.38. The van der Waals surface area contributed by atoms with Gasteiger partial charge in [0.2, 0.25) is 5.91 Å². The molecule has 2 atom stereocenters. The third-order valence-electron chi connectivity index (χ3n) is 5.14. The normalized spacial score (nSPS) is 23.2. The molecular weight excluding hydrogens is 397 g/mol. The number of halogens is 4. The molecule has 1 aliphatic heterocycles. The lowest BCUT2D eigenvalue weighted by Crippen LogP contribution is -2.50. The molecule has 0 bridgehead atoms. The maximum absolute atomic E-state index is 12.7. The molecular formula is C19H24ClF3N2O3. The Bertz CT molecular complexity index is 691. The van der Waals surface area contributed by atoms with Crippen molar-refractivity contribution in [2.45, 2.75) is 44.8 Å². The summed E-state index contributed by atoms with van der Waals surface area (Å²) >= 11 is 5.92. The van der Waals surface area contributed by atoms with Gasteiger partial charge in [0.05, 0.1) is 5.41 Å². The molecule has 0 aromatic heterocycles. The maximum Gasteiger partial charge on any atom is 0.490 e. The molecule has 1 saturated heterocycles. The number of benzene rings is 1. The minimum atomic E-state index is -5.08. The van der Waals surface area contributed by atoms with Crippen molar-refractivity contribution in [2.75, 3.05) is 13.1 Å². The van der Waals surface area contributed by atoms with Crippen LogP contribution in [0.5, 0.6) is 0 Å². The highest BCUT2D eigenvalue weighted by Gasteiger charge is 2.50. The number of carbonyl (C=O) groups is 2. The van der Waals surface area contributed by atoms with Crippen LogP contribution < -0.4 is 10.6 Å². The second-order valence-corrected chi connectivity index (χ2v) is 7.87. The Morgan fingerprint density at radius 2 is 1.86 bits per heavy atom. The number of carboxylic acids is 1. The molecule has 1 aliphatic carbocycles. The van der Waals surface area contributed by atoms with Crippen LogP contribution in [0.25, 0.3) is 0 Å². The van der Waals surface area contributed by atoms with E-state index in [9.17, 15) is 18.0 Å². The van der Waals surface area contributed by atoms with Crippen LogP contribution in [0.1, 0.15) is 31.7 Å². The largest absolute Gasteiger partial charge is 0.490 e. The van der Waals surface area contributed by atoms with E-state index in [1.807, 2.05) is 24.3 Å². The van der Waals surface area contributed by atoms with E-state index in [2.05, 4.69) is 17.6 Å². The zero-order valence-corrected chi connectivity index (χ0v) is 16.2. The van der Waals surface area contributed by atoms with Crippen LogP contribution in [0.4, 0.5) is 13.2 Å². The molecule has 1 aromatic carbocycles. The number of piperidine rings is 1. The fourth-order valence-corrected chi connectivity index (χ4v) is 3.30. The van der Waals surface area contributed by atoms with E-state index in [4.69, 9.17) is 21.5 Å². The lowest BCUT2D eigenvalue weighted by molar-refractivity contribution is -0.192. The van der Waals surface area contributed by atoms with Crippen LogP contribution in [-0.4, -0.2) is 42.3 Å². The lowest BCUT2D eigenvalue weighted by atomic mass is 9.91. The van der Waals surface area contributed by atoms with Crippen molar-refractivity contribution in [3.05, 3.63) is 34.9 Å². The predicted octanol–water partition coefficient (Wildman–Crippen LogP) is 3.41. The number of rotatable bonds is 4. The van der Waals surface area contributed by atoms with Crippen molar-refractivity contribution in [1.29, 1.82) is 0 Å². The van der Waals surface area contributed by atoms with Gasteiger partial charge in [0.25, 0.3) is 0 Å². The number of aliphatic carboxylic acids is 1. The monoisotopic (exact) mass is 420 g/mol. The summed E-state index contributed by atoms with van der Waals surface area (Å²) in [5.74, 6) is -2.00. The number of hydrogen-bond acceptors (Lipinski definition) is 3. The molecule has 28 heavy (non-hydrogen) atoms. The first kappa shape index (κ1) is 22.5. The van der Waals surface area contributed by atoms with Crippen molar-refractivity contribution in [3.63, 3.8) is 0 Å². The highest BCUT2D eigenvalue weighted by molar-refractivity contribution is 6.30. The minimum absolute atomic E-state index is 0.168. The molecule has 9 heteroatoms. The van der Waals surface area contributed by atoms with Crippen molar-refractivity contribution in [1.82, 2.24) is 10.6 Å². The van der Waals surface area contributed by atoms with Gasteiger partial charge in [-0.15, -0.1) is 0 Å². The summed E-state index contributed by atoms with van der Waals surface area (Å²) in [6, 6.07) is 8.19. The Morgan fingerprint density at radius 3 is 2.32 bits per heavy atom. The molecule has 3 N–H and O–H groups in total. The molecule has 1 amide bonds. The zero-order valence-electron chi connectivity index (χ0n) is 15.5. The number of alkyl halides is 3. The maximum atomic E-state index is 12.7. The Hall–Kier alpha value is -1.80. The first-order chi connectivity index (χ1) is 13.0. The molecule has 0 radical (unpaired) electrons. The summed E-state index contributed by atoms with van der Waals surface area (Å²) in [5, 5.41) is 14.5. The molecule has 3 rings (SSSR count). The smallest absolute Gasteiger partial charge is 0.475 e. The summed E-state index contributed by atoms with van der Waals surface area (Å²) in [6.07, 6.45) is -1.22. The molecule has 0 spiro atoms. The fraction of sp³-hybridized carbons (Fsp3) is 0.579. The third-order valence-corrected chi connectivity index (χ3v) is 5.39. The summed E-state index contributed by atoms with van der Waals surface area (Å²) in [6.45, 7) is 4.20. The number of amides is 1. The van der Waals surface area contributed by atoms with Crippen LogP contribution >= 0.6 is 11.6 Å². The van der Waals surface area contributed by atoms with E-state index in [0.717, 1.165) is 43.8 Å². The molecule has 156 valence electrons. The average Bonchev–Trinajstić information content (AvgIpc) is 3.39. The van der Waals surface area contributed by atoms with E-state index in [1.165, 1.54) is 5.56 Å². The summed E-state index contributed by atoms with van der Waals surface area (Å²) in [7, 11) is 0. The summed E-state index contributed by atoms with van der Waals surface area (Å²) in [5.41, 5.74) is 1.03. The van der Waals surface area contributed by atoms with Gasteiger partial charge in [-0.2, -0.15) is 13.2 Å². The zero-order chi connectivity index (χ0) is 20.9. The SMILES string of the molecule is C[C@H]1CNCC[C@@H]1NC(=O)C1(Cc2ccc(Cl)cc2)CC1.O=C(O)C(F)(F)F. The van der Waals surface area contributed by atoms with Gasteiger partial charge in [-0.25, -0.2) is 4.79 Å². The van der Waals surface area contributed by atoms with E-state index in [1.54, 1.807) is 0 Å². The fourth-order valence-electron chi connectivity index (χ4n) is 3.18. The Morgan fingerprint density at radius 1 is 1.29 bits per heavy atom. The van der Waals surface area contributed by atoms with Gasteiger partial charge in [0.15, 0.2) is 0 Å². The topological polar surface area (TPSA) is 78.4 Å². The van der Waals surface area contributed by atoms with Crippen LogP contribution in [-0.2, 0) is 16.0 Å². The van der Waals surface area contributed by atoms with Crippen molar-refractivity contribution < 1.29 is 27.9 Å². The van der Waals surface area contributed by atoms with Gasteiger partial charge in [0, 0.05) is 11.1 Å². The van der Waals surface area contributed by atoms with Crippen molar-refractivity contribution >= 4 is 23.5 Å². The number of carbonyl (C=O) groups excluding carboxylic acids is 1. The van der Waals surface area contributed by atoms with Gasteiger partial charge < -0.3 is 15.7 Å². The van der Waals surface area contributed by atoms with E-state index < -0.39 is 12.1 Å². The van der Waals surface area contributed by atoms with Gasteiger partial charge in [-0.3, -0.25) is 4.79 Å². The number of nitrogens with one attached hydrogen (secondary N) is 2. The van der Waals surface area contributed by atoms with E-state index in [-0.39, 0.29) is 11.3 Å². The predicted molar refractivity (Wildman–Crippen MR) is 99.1 cm³/mol. The van der Waals surface area contributed by atoms with Crippen LogP contribution in [0, 0.1) is 11.3 Å². The molecule has 1 heterocycles. The molecule has 2 fully saturated rings. The Balaban J connectivity index is 0.000000345. The highest BCUT2D eigenvalue weighted by atomic mass is 35.5. The summed E-state index contributed by atoms with van der Waals surface area (Å²) < 4.78 is 31.7. The molecule has 5 nitrogen and oxygen atoms in total. The van der Waals surface area contributed by atoms with Crippen LogP contribution in [0.3, 0.4) is 0 Å².